The Morgan fingerprint density at radius 3 is 2.87 bits per heavy atom. The number of aryl methyl sites for hydroxylation is 1. The van der Waals surface area contributed by atoms with E-state index in [0.29, 0.717) is 13.2 Å². The number of hydrogen-bond acceptors (Lipinski definition) is 4. The number of ether oxygens (including phenoxy) is 1. The van der Waals surface area contributed by atoms with Gasteiger partial charge in [-0.3, -0.25) is 0 Å². The Bertz CT molecular complexity index is 318. The predicted molar refractivity (Wildman–Crippen MR) is 61.9 cm³/mol. The van der Waals surface area contributed by atoms with Crippen LogP contribution in [-0.2, 0) is 11.3 Å². The highest BCUT2D eigenvalue weighted by Crippen LogP contribution is 2.27. The van der Waals surface area contributed by atoms with Crippen LogP contribution in [0.2, 0.25) is 0 Å². The zero-order valence-corrected chi connectivity index (χ0v) is 9.98. The Balaban J connectivity index is 1.75. The average molecular weight is 226 g/mol. The lowest BCUT2D eigenvalue weighted by Gasteiger charge is -2.22. The lowest BCUT2D eigenvalue weighted by molar-refractivity contribution is 0.0766. The molecule has 0 aliphatic heterocycles. The Morgan fingerprint density at radius 1 is 1.53 bits per heavy atom. The van der Waals surface area contributed by atoms with E-state index in [1.165, 1.54) is 17.7 Å². The average Bonchev–Trinajstić information content (AvgIpc) is 2.76. The van der Waals surface area contributed by atoms with Crippen molar-refractivity contribution < 1.29 is 4.74 Å². The summed E-state index contributed by atoms with van der Waals surface area (Å²) in [7, 11) is 0. The molecule has 1 aliphatic carbocycles. The summed E-state index contributed by atoms with van der Waals surface area (Å²) in [5.41, 5.74) is 6.14. The van der Waals surface area contributed by atoms with Gasteiger partial charge in [0.1, 0.15) is 0 Å². The van der Waals surface area contributed by atoms with Gasteiger partial charge in [-0.1, -0.05) is 12.8 Å². The Labute approximate surface area is 94.7 Å². The molecule has 0 saturated heterocycles. The fourth-order valence-electron chi connectivity index (χ4n) is 2.05. The first-order valence-corrected chi connectivity index (χ1v) is 6.28. The number of aromatic nitrogens is 1. The third-order valence-corrected chi connectivity index (χ3v) is 3.79. The molecule has 84 valence electrons. The van der Waals surface area contributed by atoms with Crippen molar-refractivity contribution in [2.24, 2.45) is 5.73 Å². The van der Waals surface area contributed by atoms with Gasteiger partial charge in [0, 0.05) is 11.7 Å². The number of rotatable bonds is 4. The summed E-state index contributed by atoms with van der Waals surface area (Å²) in [6, 6.07) is 0. The van der Waals surface area contributed by atoms with E-state index < -0.39 is 0 Å². The van der Waals surface area contributed by atoms with Crippen molar-refractivity contribution in [2.45, 2.75) is 44.8 Å². The molecule has 1 aromatic rings. The number of thiazole rings is 1. The Kier molecular flexibility index (Phi) is 3.38. The van der Waals surface area contributed by atoms with Crippen molar-refractivity contribution in [3.8, 4) is 0 Å². The van der Waals surface area contributed by atoms with Crippen molar-refractivity contribution >= 4 is 11.3 Å². The standard InChI is InChI=1S/C11H18N2OS/c1-9-13-6-10(15-9)7-14-8-11(12)4-2-3-5-11/h6H,2-5,7-8,12H2,1H3. The van der Waals surface area contributed by atoms with Crippen molar-refractivity contribution in [3.63, 3.8) is 0 Å². The van der Waals surface area contributed by atoms with Crippen LogP contribution in [0.15, 0.2) is 6.20 Å². The Morgan fingerprint density at radius 2 is 2.27 bits per heavy atom. The monoisotopic (exact) mass is 226 g/mol. The van der Waals surface area contributed by atoms with Gasteiger partial charge in [0.2, 0.25) is 0 Å². The minimum atomic E-state index is -0.0558. The van der Waals surface area contributed by atoms with Crippen molar-refractivity contribution in [1.82, 2.24) is 4.98 Å². The van der Waals surface area contributed by atoms with Gasteiger partial charge in [-0.05, 0) is 19.8 Å². The SMILES string of the molecule is Cc1ncc(COCC2(N)CCCC2)s1. The molecule has 0 atom stereocenters. The summed E-state index contributed by atoms with van der Waals surface area (Å²) in [5, 5.41) is 1.09. The van der Waals surface area contributed by atoms with Crippen LogP contribution in [-0.4, -0.2) is 17.1 Å². The van der Waals surface area contributed by atoms with Gasteiger partial charge < -0.3 is 10.5 Å². The Hall–Kier alpha value is -0.450. The molecule has 0 spiro atoms. The molecule has 2 N–H and O–H groups in total. The molecule has 1 aliphatic rings. The first kappa shape index (κ1) is 11.0. The van der Waals surface area contributed by atoms with E-state index in [9.17, 15) is 0 Å². The van der Waals surface area contributed by atoms with Gasteiger partial charge in [0.25, 0.3) is 0 Å². The van der Waals surface area contributed by atoms with Crippen molar-refractivity contribution in [3.05, 3.63) is 16.1 Å². The van der Waals surface area contributed by atoms with Crippen LogP contribution in [0.3, 0.4) is 0 Å². The summed E-state index contributed by atoms with van der Waals surface area (Å²) < 4.78 is 5.67. The highest BCUT2D eigenvalue weighted by Gasteiger charge is 2.29. The van der Waals surface area contributed by atoms with Gasteiger partial charge in [-0.25, -0.2) is 4.98 Å². The van der Waals surface area contributed by atoms with E-state index in [2.05, 4.69) is 4.98 Å². The molecular formula is C11H18N2OS. The smallest absolute Gasteiger partial charge is 0.0897 e. The molecule has 0 aromatic carbocycles. The first-order chi connectivity index (χ1) is 7.18. The molecular weight excluding hydrogens is 208 g/mol. The van der Waals surface area contributed by atoms with Crippen LogP contribution in [0, 0.1) is 6.92 Å². The number of nitrogens with two attached hydrogens (primary N) is 1. The van der Waals surface area contributed by atoms with Crippen molar-refractivity contribution in [2.75, 3.05) is 6.61 Å². The molecule has 0 radical (unpaired) electrons. The largest absolute Gasteiger partial charge is 0.374 e. The van der Waals surface area contributed by atoms with Crippen LogP contribution < -0.4 is 5.73 Å². The van der Waals surface area contributed by atoms with Crippen LogP contribution in [0.25, 0.3) is 0 Å². The molecule has 3 nitrogen and oxygen atoms in total. The molecule has 4 heteroatoms. The normalized spacial score (nSPS) is 19.6. The van der Waals surface area contributed by atoms with E-state index in [1.807, 2.05) is 13.1 Å². The lowest BCUT2D eigenvalue weighted by Crippen LogP contribution is -2.41. The minimum absolute atomic E-state index is 0.0558. The van der Waals surface area contributed by atoms with Gasteiger partial charge in [0.05, 0.1) is 23.1 Å². The van der Waals surface area contributed by atoms with E-state index in [-0.39, 0.29) is 5.54 Å². The summed E-state index contributed by atoms with van der Waals surface area (Å²) in [4.78, 5) is 5.38. The maximum atomic E-state index is 6.19. The fourth-order valence-corrected chi connectivity index (χ4v) is 2.78. The summed E-state index contributed by atoms with van der Waals surface area (Å²) in [6.07, 6.45) is 6.60. The van der Waals surface area contributed by atoms with Crippen molar-refractivity contribution in [1.29, 1.82) is 0 Å². The van der Waals surface area contributed by atoms with Gasteiger partial charge >= 0.3 is 0 Å². The molecule has 1 aromatic heterocycles. The third kappa shape index (κ3) is 3.00. The molecule has 2 rings (SSSR count). The number of hydrogen-bond donors (Lipinski definition) is 1. The van der Waals surface area contributed by atoms with Crippen LogP contribution in [0.5, 0.6) is 0 Å². The second kappa shape index (κ2) is 4.60. The molecule has 0 unspecified atom stereocenters. The zero-order chi connectivity index (χ0) is 10.7. The summed E-state index contributed by atoms with van der Waals surface area (Å²) in [6.45, 7) is 3.35. The van der Waals surface area contributed by atoms with Gasteiger partial charge in [-0.15, -0.1) is 11.3 Å². The highest BCUT2D eigenvalue weighted by atomic mass is 32.1. The van der Waals surface area contributed by atoms with Crippen LogP contribution in [0.4, 0.5) is 0 Å². The van der Waals surface area contributed by atoms with Gasteiger partial charge in [0.15, 0.2) is 0 Å². The lowest BCUT2D eigenvalue weighted by atomic mass is 10.0. The summed E-state index contributed by atoms with van der Waals surface area (Å²) in [5.74, 6) is 0. The van der Waals surface area contributed by atoms with E-state index in [0.717, 1.165) is 17.8 Å². The van der Waals surface area contributed by atoms with Gasteiger partial charge in [-0.2, -0.15) is 0 Å². The minimum Gasteiger partial charge on any atom is -0.374 e. The molecule has 1 heterocycles. The topological polar surface area (TPSA) is 48.1 Å². The second-order valence-corrected chi connectivity index (χ2v) is 5.73. The maximum Gasteiger partial charge on any atom is 0.0897 e. The summed E-state index contributed by atoms with van der Waals surface area (Å²) >= 11 is 1.69. The van der Waals surface area contributed by atoms with Crippen LogP contribution in [0.1, 0.15) is 35.6 Å². The van der Waals surface area contributed by atoms with Crippen LogP contribution >= 0.6 is 11.3 Å². The molecule has 1 fully saturated rings. The maximum absolute atomic E-state index is 6.19. The van der Waals surface area contributed by atoms with E-state index in [4.69, 9.17) is 10.5 Å². The molecule has 15 heavy (non-hydrogen) atoms. The van der Waals surface area contributed by atoms with E-state index in [1.54, 1.807) is 11.3 Å². The highest BCUT2D eigenvalue weighted by molar-refractivity contribution is 7.11. The second-order valence-electron chi connectivity index (χ2n) is 4.41. The third-order valence-electron chi connectivity index (χ3n) is 2.90. The fraction of sp³-hybridized carbons (Fsp3) is 0.727. The molecule has 0 amide bonds. The molecule has 0 bridgehead atoms. The predicted octanol–water partition coefficient (Wildman–Crippen LogP) is 2.24. The molecule has 1 saturated carbocycles. The van der Waals surface area contributed by atoms with E-state index >= 15 is 0 Å². The zero-order valence-electron chi connectivity index (χ0n) is 9.16. The first-order valence-electron chi connectivity index (χ1n) is 5.46. The number of nitrogens with zero attached hydrogens (tertiary/aromatic N) is 1. The quantitative estimate of drug-likeness (QED) is 0.856.